The van der Waals surface area contributed by atoms with Gasteiger partial charge in [-0.2, -0.15) is 0 Å². The first-order valence-electron chi connectivity index (χ1n) is 8.18. The SMILES string of the molecule is Cc1c(CC(=O)NCC2CCCNC2)nnn1-c1ccccc1.Cl. The fourth-order valence-corrected chi connectivity index (χ4v) is 2.91. The Balaban J connectivity index is 0.00000208. The Hall–Kier alpha value is -1.92. The van der Waals surface area contributed by atoms with Crippen molar-refractivity contribution in [1.29, 1.82) is 0 Å². The van der Waals surface area contributed by atoms with E-state index in [0.717, 1.165) is 36.7 Å². The second-order valence-corrected chi connectivity index (χ2v) is 6.06. The molecule has 0 aliphatic carbocycles. The van der Waals surface area contributed by atoms with Gasteiger partial charge in [0.25, 0.3) is 0 Å². The van der Waals surface area contributed by atoms with Gasteiger partial charge in [-0.1, -0.05) is 23.4 Å². The number of nitrogens with zero attached hydrogens (tertiary/aromatic N) is 3. The summed E-state index contributed by atoms with van der Waals surface area (Å²) < 4.78 is 1.77. The molecule has 0 radical (unpaired) electrons. The smallest absolute Gasteiger partial charge is 0.226 e. The first-order valence-corrected chi connectivity index (χ1v) is 8.18. The van der Waals surface area contributed by atoms with Crippen LogP contribution in [0.25, 0.3) is 5.69 Å². The summed E-state index contributed by atoms with van der Waals surface area (Å²) in [5.74, 6) is 0.549. The van der Waals surface area contributed by atoms with Crippen LogP contribution in [0.2, 0.25) is 0 Å². The largest absolute Gasteiger partial charge is 0.355 e. The molecule has 1 amide bonds. The van der Waals surface area contributed by atoms with Gasteiger partial charge in [-0.25, -0.2) is 4.68 Å². The number of hydrogen-bond acceptors (Lipinski definition) is 4. The molecule has 2 heterocycles. The molecule has 1 aliphatic heterocycles. The lowest BCUT2D eigenvalue weighted by Gasteiger charge is -2.22. The lowest BCUT2D eigenvalue weighted by Crippen LogP contribution is -2.38. The summed E-state index contributed by atoms with van der Waals surface area (Å²) >= 11 is 0. The van der Waals surface area contributed by atoms with Gasteiger partial charge >= 0.3 is 0 Å². The Bertz CT molecular complexity index is 652. The predicted octanol–water partition coefficient (Wildman–Crippen LogP) is 1.66. The number of halogens is 1. The molecule has 1 aromatic carbocycles. The van der Waals surface area contributed by atoms with Crippen molar-refractivity contribution in [2.45, 2.75) is 26.2 Å². The standard InChI is InChI=1S/C17H23N5O.ClH/c1-13-16(20-21-22(13)15-7-3-2-4-8-15)10-17(23)19-12-14-6-5-9-18-11-14;/h2-4,7-8,14,18H,5-6,9-12H2,1H3,(H,19,23);1H. The minimum Gasteiger partial charge on any atom is -0.355 e. The zero-order valence-electron chi connectivity index (χ0n) is 13.9. The lowest BCUT2D eigenvalue weighted by molar-refractivity contribution is -0.120. The summed E-state index contributed by atoms with van der Waals surface area (Å²) in [6, 6.07) is 9.83. The maximum atomic E-state index is 12.1. The van der Waals surface area contributed by atoms with Gasteiger partial charge in [0.1, 0.15) is 0 Å². The molecule has 1 unspecified atom stereocenters. The van der Waals surface area contributed by atoms with Gasteiger partial charge in [0.05, 0.1) is 23.5 Å². The van der Waals surface area contributed by atoms with Gasteiger partial charge in [0.15, 0.2) is 0 Å². The first-order chi connectivity index (χ1) is 11.2. The number of aromatic nitrogens is 3. The average Bonchev–Trinajstić information content (AvgIpc) is 2.95. The van der Waals surface area contributed by atoms with E-state index < -0.39 is 0 Å². The van der Waals surface area contributed by atoms with Crippen molar-refractivity contribution >= 4 is 18.3 Å². The number of para-hydroxylation sites is 1. The van der Waals surface area contributed by atoms with E-state index >= 15 is 0 Å². The van der Waals surface area contributed by atoms with Gasteiger partial charge in [0, 0.05) is 6.54 Å². The number of carbonyl (C=O) groups excluding carboxylic acids is 1. The third-order valence-corrected chi connectivity index (χ3v) is 4.31. The molecule has 1 atom stereocenters. The number of piperidine rings is 1. The van der Waals surface area contributed by atoms with E-state index in [-0.39, 0.29) is 24.7 Å². The molecule has 24 heavy (non-hydrogen) atoms. The number of nitrogens with one attached hydrogen (secondary N) is 2. The Kier molecular flexibility index (Phi) is 6.75. The monoisotopic (exact) mass is 349 g/mol. The van der Waals surface area contributed by atoms with Crippen LogP contribution in [0.5, 0.6) is 0 Å². The molecule has 6 nitrogen and oxygen atoms in total. The summed E-state index contributed by atoms with van der Waals surface area (Å²) in [4.78, 5) is 12.1. The summed E-state index contributed by atoms with van der Waals surface area (Å²) in [6.07, 6.45) is 2.64. The third-order valence-electron chi connectivity index (χ3n) is 4.31. The van der Waals surface area contributed by atoms with Gasteiger partial charge in [-0.05, 0) is 50.9 Å². The highest BCUT2D eigenvalue weighted by Crippen LogP contribution is 2.12. The molecule has 1 fully saturated rings. The lowest BCUT2D eigenvalue weighted by atomic mass is 10.00. The number of amides is 1. The molecule has 130 valence electrons. The topological polar surface area (TPSA) is 71.8 Å². The normalized spacial score (nSPS) is 17.1. The number of hydrogen-bond donors (Lipinski definition) is 2. The van der Waals surface area contributed by atoms with Gasteiger partial charge in [-0.15, -0.1) is 17.5 Å². The van der Waals surface area contributed by atoms with Gasteiger partial charge < -0.3 is 10.6 Å². The van der Waals surface area contributed by atoms with Crippen LogP contribution in [0.15, 0.2) is 30.3 Å². The van der Waals surface area contributed by atoms with E-state index in [1.54, 1.807) is 4.68 Å². The summed E-state index contributed by atoms with van der Waals surface area (Å²) in [5.41, 5.74) is 2.59. The van der Waals surface area contributed by atoms with Crippen molar-refractivity contribution < 1.29 is 4.79 Å². The van der Waals surface area contributed by atoms with E-state index in [1.807, 2.05) is 37.3 Å². The molecule has 0 spiro atoms. The highest BCUT2D eigenvalue weighted by molar-refractivity contribution is 5.85. The third kappa shape index (κ3) is 4.55. The van der Waals surface area contributed by atoms with Crippen molar-refractivity contribution in [3.8, 4) is 5.69 Å². The van der Waals surface area contributed by atoms with Crippen LogP contribution in [0.4, 0.5) is 0 Å². The number of benzene rings is 1. The van der Waals surface area contributed by atoms with Crippen LogP contribution in [-0.4, -0.2) is 40.5 Å². The van der Waals surface area contributed by atoms with Crippen molar-refractivity contribution in [1.82, 2.24) is 25.6 Å². The van der Waals surface area contributed by atoms with Crippen LogP contribution in [0.3, 0.4) is 0 Å². The molecule has 1 saturated heterocycles. The minimum absolute atomic E-state index is 0. The summed E-state index contributed by atoms with van der Waals surface area (Å²) in [6.45, 7) is 4.76. The molecular weight excluding hydrogens is 326 g/mol. The fraction of sp³-hybridized carbons (Fsp3) is 0.471. The van der Waals surface area contributed by atoms with Crippen molar-refractivity contribution in [3.05, 3.63) is 41.7 Å². The molecular formula is C17H24ClN5O. The Labute approximate surface area is 148 Å². The first kappa shape index (κ1) is 18.4. The molecule has 2 aromatic rings. The predicted molar refractivity (Wildman–Crippen MR) is 95.7 cm³/mol. The van der Waals surface area contributed by atoms with Gasteiger partial charge in [0.2, 0.25) is 5.91 Å². The second-order valence-electron chi connectivity index (χ2n) is 6.06. The molecule has 1 aliphatic rings. The van der Waals surface area contributed by atoms with Crippen molar-refractivity contribution in [3.63, 3.8) is 0 Å². The molecule has 0 bridgehead atoms. The Morgan fingerprint density at radius 3 is 2.88 bits per heavy atom. The van der Waals surface area contributed by atoms with Crippen LogP contribution in [0.1, 0.15) is 24.2 Å². The van der Waals surface area contributed by atoms with E-state index in [4.69, 9.17) is 0 Å². The maximum absolute atomic E-state index is 12.1. The zero-order valence-corrected chi connectivity index (χ0v) is 14.7. The van der Waals surface area contributed by atoms with Crippen LogP contribution < -0.4 is 10.6 Å². The van der Waals surface area contributed by atoms with E-state index in [2.05, 4.69) is 20.9 Å². The van der Waals surface area contributed by atoms with Crippen molar-refractivity contribution in [2.75, 3.05) is 19.6 Å². The molecule has 3 rings (SSSR count). The maximum Gasteiger partial charge on any atom is 0.226 e. The molecule has 2 N–H and O–H groups in total. The number of rotatable bonds is 5. The molecule has 7 heteroatoms. The van der Waals surface area contributed by atoms with E-state index in [9.17, 15) is 4.79 Å². The van der Waals surface area contributed by atoms with Crippen molar-refractivity contribution in [2.24, 2.45) is 5.92 Å². The Morgan fingerprint density at radius 2 is 2.17 bits per heavy atom. The Morgan fingerprint density at radius 1 is 1.38 bits per heavy atom. The van der Waals surface area contributed by atoms with Gasteiger partial charge in [-0.3, -0.25) is 4.79 Å². The average molecular weight is 350 g/mol. The highest BCUT2D eigenvalue weighted by atomic mass is 35.5. The molecule has 0 saturated carbocycles. The summed E-state index contributed by atoms with van der Waals surface area (Å²) in [5, 5.41) is 14.7. The van der Waals surface area contributed by atoms with Crippen LogP contribution in [-0.2, 0) is 11.2 Å². The second kappa shape index (κ2) is 8.80. The van der Waals surface area contributed by atoms with E-state index in [0.29, 0.717) is 5.92 Å². The van der Waals surface area contributed by atoms with E-state index in [1.165, 1.54) is 12.8 Å². The van der Waals surface area contributed by atoms with Crippen LogP contribution >= 0.6 is 12.4 Å². The quantitative estimate of drug-likeness (QED) is 0.861. The fourth-order valence-electron chi connectivity index (χ4n) is 2.91. The highest BCUT2D eigenvalue weighted by Gasteiger charge is 2.16. The summed E-state index contributed by atoms with van der Waals surface area (Å²) in [7, 11) is 0. The molecule has 1 aromatic heterocycles. The van der Waals surface area contributed by atoms with Crippen LogP contribution in [0, 0.1) is 12.8 Å². The minimum atomic E-state index is 0. The zero-order chi connectivity index (χ0) is 16.1. The number of carbonyl (C=O) groups is 1.